The molecule has 2 amide bonds. The monoisotopic (exact) mass is 499 g/mol. The number of hydrogen-bond acceptors (Lipinski definition) is 4. The van der Waals surface area contributed by atoms with Crippen LogP contribution in [0.3, 0.4) is 0 Å². The Kier molecular flexibility index (Phi) is 9.72. The number of anilines is 1. The van der Waals surface area contributed by atoms with Gasteiger partial charge in [-0.25, -0.2) is 8.42 Å². The predicted octanol–water partition coefficient (Wildman–Crippen LogP) is 4.10. The van der Waals surface area contributed by atoms with Crippen LogP contribution in [0.25, 0.3) is 0 Å². The topological polar surface area (TPSA) is 86.8 Å². The van der Waals surface area contributed by atoms with Crippen molar-refractivity contribution in [3.8, 4) is 0 Å². The number of nitrogens with zero attached hydrogens (tertiary/aromatic N) is 2. The highest BCUT2D eigenvalue weighted by Crippen LogP contribution is 2.21. The van der Waals surface area contributed by atoms with Crippen LogP contribution in [0.15, 0.2) is 60.7 Å². The van der Waals surface area contributed by atoms with Crippen LogP contribution in [-0.2, 0) is 26.2 Å². The van der Waals surface area contributed by atoms with Gasteiger partial charge in [0.05, 0.1) is 11.9 Å². The number of hydrogen-bond donors (Lipinski definition) is 1. The molecule has 1 aliphatic rings. The Labute approximate surface area is 209 Å². The molecule has 0 heterocycles. The SMILES string of the molecule is CC[C@@H](C(=O)NC1CCCC1)N(Cc1ccccc1)C(=O)CCCN(c1ccccc1)S(C)(=O)=O. The average molecular weight is 500 g/mol. The lowest BCUT2D eigenvalue weighted by atomic mass is 10.1. The zero-order valence-corrected chi connectivity index (χ0v) is 21.5. The van der Waals surface area contributed by atoms with E-state index in [1.807, 2.05) is 43.3 Å². The molecule has 0 radical (unpaired) electrons. The van der Waals surface area contributed by atoms with Gasteiger partial charge in [0.25, 0.3) is 0 Å². The van der Waals surface area contributed by atoms with E-state index in [2.05, 4.69) is 5.32 Å². The minimum atomic E-state index is -3.49. The molecular weight excluding hydrogens is 462 g/mol. The van der Waals surface area contributed by atoms with Gasteiger partial charge in [0.2, 0.25) is 21.8 Å². The third-order valence-electron chi connectivity index (χ3n) is 6.48. The molecule has 3 rings (SSSR count). The van der Waals surface area contributed by atoms with Crippen LogP contribution in [0.4, 0.5) is 5.69 Å². The maximum atomic E-state index is 13.4. The fourth-order valence-corrected chi connectivity index (χ4v) is 5.63. The molecule has 0 spiro atoms. The van der Waals surface area contributed by atoms with Crippen molar-refractivity contribution < 1.29 is 18.0 Å². The van der Waals surface area contributed by atoms with Crippen LogP contribution >= 0.6 is 0 Å². The maximum absolute atomic E-state index is 13.4. The van der Waals surface area contributed by atoms with Gasteiger partial charge in [-0.1, -0.05) is 68.3 Å². The summed E-state index contributed by atoms with van der Waals surface area (Å²) in [7, 11) is -3.49. The smallest absolute Gasteiger partial charge is 0.243 e. The molecule has 1 N–H and O–H groups in total. The molecule has 2 aromatic carbocycles. The lowest BCUT2D eigenvalue weighted by Crippen LogP contribution is -2.51. The summed E-state index contributed by atoms with van der Waals surface area (Å²) in [5.74, 6) is -0.255. The van der Waals surface area contributed by atoms with Crippen molar-refractivity contribution in [2.24, 2.45) is 0 Å². The Hall–Kier alpha value is -2.87. The van der Waals surface area contributed by atoms with Crippen LogP contribution in [0.1, 0.15) is 57.4 Å². The summed E-state index contributed by atoms with van der Waals surface area (Å²) in [4.78, 5) is 28.3. The van der Waals surface area contributed by atoms with E-state index >= 15 is 0 Å². The fraction of sp³-hybridized carbons (Fsp3) is 0.481. The molecule has 190 valence electrons. The van der Waals surface area contributed by atoms with Crippen molar-refractivity contribution in [3.63, 3.8) is 0 Å². The zero-order chi connectivity index (χ0) is 25.3. The van der Waals surface area contributed by atoms with Crippen molar-refractivity contribution in [2.45, 2.75) is 70.5 Å². The van der Waals surface area contributed by atoms with Crippen LogP contribution in [-0.4, -0.2) is 50.0 Å². The summed E-state index contributed by atoms with van der Waals surface area (Å²) < 4.78 is 26.1. The molecule has 1 fully saturated rings. The standard InChI is InChI=1S/C27H37N3O4S/c1-3-25(27(32)28-23-15-10-11-16-23)29(21-22-13-6-4-7-14-22)26(31)19-12-20-30(35(2,33)34)24-17-8-5-9-18-24/h4-9,13-14,17-18,23,25H,3,10-12,15-16,19-21H2,1-2H3,(H,28,32)/t25-/m0/s1. The average Bonchev–Trinajstić information content (AvgIpc) is 3.35. The predicted molar refractivity (Wildman–Crippen MR) is 139 cm³/mol. The minimum absolute atomic E-state index is 0.106. The second-order valence-corrected chi connectivity index (χ2v) is 11.1. The van der Waals surface area contributed by atoms with Crippen molar-refractivity contribution in [1.82, 2.24) is 10.2 Å². The van der Waals surface area contributed by atoms with Gasteiger partial charge in [-0.15, -0.1) is 0 Å². The molecule has 8 heteroatoms. The van der Waals surface area contributed by atoms with Gasteiger partial charge in [0.15, 0.2) is 0 Å². The fourth-order valence-electron chi connectivity index (χ4n) is 4.67. The van der Waals surface area contributed by atoms with Gasteiger partial charge in [0.1, 0.15) is 6.04 Å². The van der Waals surface area contributed by atoms with E-state index < -0.39 is 16.1 Å². The lowest BCUT2D eigenvalue weighted by Gasteiger charge is -2.32. The van der Waals surface area contributed by atoms with E-state index in [0.717, 1.165) is 31.2 Å². The Balaban J connectivity index is 1.72. The highest BCUT2D eigenvalue weighted by atomic mass is 32.2. The molecule has 0 saturated heterocycles. The molecule has 0 aliphatic heterocycles. The van der Waals surface area contributed by atoms with Gasteiger partial charge in [0, 0.05) is 25.6 Å². The van der Waals surface area contributed by atoms with Gasteiger partial charge in [-0.2, -0.15) is 0 Å². The van der Waals surface area contributed by atoms with E-state index in [9.17, 15) is 18.0 Å². The summed E-state index contributed by atoms with van der Waals surface area (Å²) in [5.41, 5.74) is 1.53. The second kappa shape index (κ2) is 12.7. The minimum Gasteiger partial charge on any atom is -0.352 e. The van der Waals surface area contributed by atoms with Crippen molar-refractivity contribution in [3.05, 3.63) is 66.2 Å². The van der Waals surface area contributed by atoms with Gasteiger partial charge >= 0.3 is 0 Å². The Morgan fingerprint density at radius 3 is 2.17 bits per heavy atom. The van der Waals surface area contributed by atoms with Crippen molar-refractivity contribution >= 4 is 27.5 Å². The first-order valence-corrected chi connectivity index (χ1v) is 14.3. The number of amides is 2. The summed E-state index contributed by atoms with van der Waals surface area (Å²) in [6.07, 6.45) is 6.39. The number of rotatable bonds is 12. The number of carbonyl (C=O) groups excluding carboxylic acids is 2. The zero-order valence-electron chi connectivity index (χ0n) is 20.7. The Morgan fingerprint density at radius 1 is 1.00 bits per heavy atom. The van der Waals surface area contributed by atoms with Crippen LogP contribution in [0.5, 0.6) is 0 Å². The first kappa shape index (κ1) is 26.7. The highest BCUT2D eigenvalue weighted by Gasteiger charge is 2.30. The molecule has 0 bridgehead atoms. The van der Waals surface area contributed by atoms with Gasteiger partial charge < -0.3 is 10.2 Å². The van der Waals surface area contributed by atoms with E-state index in [-0.39, 0.29) is 30.8 Å². The number of carbonyl (C=O) groups is 2. The molecule has 7 nitrogen and oxygen atoms in total. The van der Waals surface area contributed by atoms with Gasteiger partial charge in [-0.05, 0) is 43.4 Å². The molecule has 1 saturated carbocycles. The number of sulfonamides is 1. The molecule has 1 aliphatic carbocycles. The van der Waals surface area contributed by atoms with E-state index in [1.165, 1.54) is 10.6 Å². The summed E-state index contributed by atoms with van der Waals surface area (Å²) >= 11 is 0. The van der Waals surface area contributed by atoms with Crippen molar-refractivity contribution in [2.75, 3.05) is 17.1 Å². The summed E-state index contributed by atoms with van der Waals surface area (Å²) in [5, 5.41) is 3.15. The summed E-state index contributed by atoms with van der Waals surface area (Å²) in [6.45, 7) is 2.45. The Bertz CT molecular complexity index is 1050. The van der Waals surface area contributed by atoms with Crippen LogP contribution in [0, 0.1) is 0 Å². The van der Waals surface area contributed by atoms with E-state index in [1.54, 1.807) is 29.2 Å². The first-order valence-electron chi connectivity index (χ1n) is 12.5. The molecule has 1 atom stereocenters. The lowest BCUT2D eigenvalue weighted by molar-refractivity contribution is -0.141. The molecule has 0 unspecified atom stereocenters. The van der Waals surface area contributed by atoms with Crippen LogP contribution in [0.2, 0.25) is 0 Å². The molecule has 35 heavy (non-hydrogen) atoms. The molecular formula is C27H37N3O4S. The van der Waals surface area contributed by atoms with E-state index in [4.69, 9.17) is 0 Å². The van der Waals surface area contributed by atoms with Crippen LogP contribution < -0.4 is 9.62 Å². The molecule has 2 aromatic rings. The summed E-state index contributed by atoms with van der Waals surface area (Å²) in [6, 6.07) is 18.1. The van der Waals surface area contributed by atoms with E-state index in [0.29, 0.717) is 25.1 Å². The number of para-hydroxylation sites is 1. The number of nitrogens with one attached hydrogen (secondary N) is 1. The highest BCUT2D eigenvalue weighted by molar-refractivity contribution is 7.92. The second-order valence-electron chi connectivity index (χ2n) is 9.20. The number of benzene rings is 2. The van der Waals surface area contributed by atoms with Gasteiger partial charge in [-0.3, -0.25) is 13.9 Å². The maximum Gasteiger partial charge on any atom is 0.243 e. The Morgan fingerprint density at radius 2 is 1.60 bits per heavy atom. The third-order valence-corrected chi connectivity index (χ3v) is 7.67. The largest absolute Gasteiger partial charge is 0.352 e. The third kappa shape index (κ3) is 7.82. The normalized spacial score (nSPS) is 14.9. The first-order chi connectivity index (χ1) is 16.8. The van der Waals surface area contributed by atoms with Crippen molar-refractivity contribution in [1.29, 1.82) is 0 Å². The quantitative estimate of drug-likeness (QED) is 0.476. The molecule has 0 aromatic heterocycles.